The maximum Gasteiger partial charge on any atom is 0.128 e. The van der Waals surface area contributed by atoms with E-state index >= 15 is 0 Å². The summed E-state index contributed by atoms with van der Waals surface area (Å²) in [6.07, 6.45) is 1.00. The molecule has 1 aromatic heterocycles. The third-order valence-electron chi connectivity index (χ3n) is 3.47. The molecule has 1 unspecified atom stereocenters. The molecule has 0 aliphatic heterocycles. The van der Waals surface area contributed by atoms with E-state index in [2.05, 4.69) is 30.3 Å². The fourth-order valence-corrected chi connectivity index (χ4v) is 2.44. The molecule has 0 bridgehead atoms. The van der Waals surface area contributed by atoms with Crippen LogP contribution in [0, 0.1) is 0 Å². The van der Waals surface area contributed by atoms with Crippen LogP contribution in [0.1, 0.15) is 45.3 Å². The van der Waals surface area contributed by atoms with Gasteiger partial charge in [-0.2, -0.15) is 0 Å². The Labute approximate surface area is 118 Å². The number of aromatic nitrogens is 2. The number of nitrogens with zero attached hydrogens (tertiary/aromatic N) is 2. The fraction of sp³-hybridized carbons (Fsp3) is 0.500. The highest BCUT2D eigenvalue weighted by Crippen LogP contribution is 2.33. The molecule has 0 amide bonds. The van der Waals surface area contributed by atoms with Crippen LogP contribution in [0.5, 0.6) is 0 Å². The van der Waals surface area contributed by atoms with Gasteiger partial charge in [0.15, 0.2) is 0 Å². The summed E-state index contributed by atoms with van der Waals surface area (Å²) in [6, 6.07) is 5.77. The molecule has 4 heteroatoms. The predicted molar refractivity (Wildman–Crippen MR) is 78.6 cm³/mol. The second kappa shape index (κ2) is 4.75. The van der Waals surface area contributed by atoms with Crippen LogP contribution in [0.15, 0.2) is 18.2 Å². The molecule has 2 nitrogen and oxygen atoms in total. The molecule has 0 saturated heterocycles. The smallest absolute Gasteiger partial charge is 0.128 e. The Morgan fingerprint density at radius 2 is 2.06 bits per heavy atom. The molecule has 2 rings (SSSR count). The lowest BCUT2D eigenvalue weighted by atomic mass is 10.0. The van der Waals surface area contributed by atoms with E-state index in [0.29, 0.717) is 0 Å². The number of imidazole rings is 1. The molecule has 2 aromatic rings. The van der Waals surface area contributed by atoms with E-state index < -0.39 is 0 Å². The standard InChI is InChI=1S/C14H18Cl2N2/c1-5-14(3,4)18-12-8-10(16)6-7-11(12)17-13(18)9(2)15/h6-9H,5H2,1-4H3. The van der Waals surface area contributed by atoms with E-state index in [-0.39, 0.29) is 10.9 Å². The topological polar surface area (TPSA) is 17.8 Å². The molecule has 0 N–H and O–H groups in total. The van der Waals surface area contributed by atoms with Crippen molar-refractivity contribution in [1.82, 2.24) is 9.55 Å². The minimum atomic E-state index is -0.123. The Kier molecular flexibility index (Phi) is 3.61. The first-order valence-electron chi connectivity index (χ1n) is 6.19. The molecule has 0 aliphatic rings. The van der Waals surface area contributed by atoms with E-state index in [1.807, 2.05) is 25.1 Å². The molecule has 1 atom stereocenters. The van der Waals surface area contributed by atoms with Crippen LogP contribution in [-0.4, -0.2) is 9.55 Å². The van der Waals surface area contributed by atoms with Crippen molar-refractivity contribution >= 4 is 34.2 Å². The number of alkyl halides is 1. The largest absolute Gasteiger partial charge is 0.321 e. The summed E-state index contributed by atoms with van der Waals surface area (Å²) in [4.78, 5) is 4.64. The number of hydrogen-bond acceptors (Lipinski definition) is 1. The summed E-state index contributed by atoms with van der Waals surface area (Å²) < 4.78 is 2.21. The van der Waals surface area contributed by atoms with Gasteiger partial charge >= 0.3 is 0 Å². The van der Waals surface area contributed by atoms with Gasteiger partial charge in [0.25, 0.3) is 0 Å². The maximum absolute atomic E-state index is 6.27. The number of hydrogen-bond donors (Lipinski definition) is 0. The summed E-state index contributed by atoms with van der Waals surface area (Å²) >= 11 is 12.4. The van der Waals surface area contributed by atoms with Gasteiger partial charge in [-0.25, -0.2) is 4.98 Å². The van der Waals surface area contributed by atoms with Gasteiger partial charge in [0.2, 0.25) is 0 Å². The molecular weight excluding hydrogens is 267 g/mol. The molecule has 18 heavy (non-hydrogen) atoms. The van der Waals surface area contributed by atoms with Crippen molar-refractivity contribution in [2.24, 2.45) is 0 Å². The van der Waals surface area contributed by atoms with Crippen LogP contribution in [-0.2, 0) is 5.54 Å². The minimum Gasteiger partial charge on any atom is -0.321 e. The van der Waals surface area contributed by atoms with Crippen LogP contribution < -0.4 is 0 Å². The molecule has 0 radical (unpaired) electrons. The monoisotopic (exact) mass is 284 g/mol. The molecule has 1 aromatic carbocycles. The lowest BCUT2D eigenvalue weighted by Gasteiger charge is -2.28. The van der Waals surface area contributed by atoms with Crippen LogP contribution in [0.3, 0.4) is 0 Å². The van der Waals surface area contributed by atoms with Crippen LogP contribution in [0.25, 0.3) is 11.0 Å². The average molecular weight is 285 g/mol. The van der Waals surface area contributed by atoms with Gasteiger partial charge in [-0.15, -0.1) is 11.6 Å². The van der Waals surface area contributed by atoms with Gasteiger partial charge < -0.3 is 4.57 Å². The molecular formula is C14H18Cl2N2. The van der Waals surface area contributed by atoms with E-state index in [4.69, 9.17) is 23.2 Å². The molecule has 98 valence electrons. The number of halogens is 2. The summed E-state index contributed by atoms with van der Waals surface area (Å²) in [7, 11) is 0. The van der Waals surface area contributed by atoms with Gasteiger partial charge in [-0.1, -0.05) is 18.5 Å². The van der Waals surface area contributed by atoms with Gasteiger partial charge in [0, 0.05) is 10.6 Å². The highest BCUT2D eigenvalue weighted by Gasteiger charge is 2.26. The fourth-order valence-electron chi connectivity index (χ4n) is 2.13. The molecule has 0 fully saturated rings. The van der Waals surface area contributed by atoms with E-state index in [9.17, 15) is 0 Å². The minimum absolute atomic E-state index is 0.0298. The van der Waals surface area contributed by atoms with Crippen molar-refractivity contribution in [2.75, 3.05) is 0 Å². The van der Waals surface area contributed by atoms with E-state index in [1.54, 1.807) is 0 Å². The summed E-state index contributed by atoms with van der Waals surface area (Å²) in [6.45, 7) is 8.50. The third kappa shape index (κ3) is 2.24. The Morgan fingerprint density at radius 1 is 1.39 bits per heavy atom. The van der Waals surface area contributed by atoms with Crippen molar-refractivity contribution in [3.05, 3.63) is 29.0 Å². The SMILES string of the molecule is CCC(C)(C)n1c(C(C)Cl)nc2ccc(Cl)cc21. The first kappa shape index (κ1) is 13.7. The highest BCUT2D eigenvalue weighted by atomic mass is 35.5. The van der Waals surface area contributed by atoms with Crippen molar-refractivity contribution < 1.29 is 0 Å². The van der Waals surface area contributed by atoms with Gasteiger partial charge in [0.1, 0.15) is 5.82 Å². The first-order chi connectivity index (χ1) is 8.36. The Hall–Kier alpha value is -0.730. The lowest BCUT2D eigenvalue weighted by molar-refractivity contribution is 0.341. The molecule has 0 aliphatic carbocycles. The molecule has 0 spiro atoms. The lowest BCUT2D eigenvalue weighted by Crippen LogP contribution is -2.27. The quantitative estimate of drug-likeness (QED) is 0.714. The average Bonchev–Trinajstić information content (AvgIpc) is 2.68. The van der Waals surface area contributed by atoms with Gasteiger partial charge in [-0.05, 0) is 45.4 Å². The highest BCUT2D eigenvalue weighted by molar-refractivity contribution is 6.31. The maximum atomic E-state index is 6.27. The zero-order valence-corrected chi connectivity index (χ0v) is 12.7. The first-order valence-corrected chi connectivity index (χ1v) is 7.00. The molecule has 1 heterocycles. The number of fused-ring (bicyclic) bond motifs is 1. The zero-order valence-electron chi connectivity index (χ0n) is 11.2. The van der Waals surface area contributed by atoms with E-state index in [1.165, 1.54) is 0 Å². The van der Waals surface area contributed by atoms with E-state index in [0.717, 1.165) is 28.3 Å². The second-order valence-corrected chi connectivity index (χ2v) is 6.31. The summed E-state index contributed by atoms with van der Waals surface area (Å²) in [5, 5.41) is 0.603. The third-order valence-corrected chi connectivity index (χ3v) is 3.90. The molecule has 0 saturated carbocycles. The number of benzene rings is 1. The van der Waals surface area contributed by atoms with Crippen molar-refractivity contribution in [1.29, 1.82) is 0 Å². The predicted octanol–water partition coefficient (Wildman–Crippen LogP) is 5.13. The Balaban J connectivity index is 2.81. The Bertz CT molecular complexity index is 570. The van der Waals surface area contributed by atoms with Crippen LogP contribution in [0.2, 0.25) is 5.02 Å². The Morgan fingerprint density at radius 3 is 2.61 bits per heavy atom. The number of rotatable bonds is 3. The zero-order chi connectivity index (χ0) is 13.5. The summed E-state index contributed by atoms with van der Waals surface area (Å²) in [5.41, 5.74) is 1.97. The van der Waals surface area contributed by atoms with Crippen LogP contribution in [0.4, 0.5) is 0 Å². The normalized spacial score (nSPS) is 14.1. The summed E-state index contributed by atoms with van der Waals surface area (Å²) in [5.74, 6) is 0.904. The van der Waals surface area contributed by atoms with Crippen LogP contribution >= 0.6 is 23.2 Å². The van der Waals surface area contributed by atoms with Crippen molar-refractivity contribution in [2.45, 2.75) is 45.0 Å². The van der Waals surface area contributed by atoms with Gasteiger partial charge in [-0.3, -0.25) is 0 Å². The van der Waals surface area contributed by atoms with Gasteiger partial charge in [0.05, 0.1) is 16.4 Å². The second-order valence-electron chi connectivity index (χ2n) is 5.22. The van der Waals surface area contributed by atoms with Crippen molar-refractivity contribution in [3.8, 4) is 0 Å². The van der Waals surface area contributed by atoms with Crippen molar-refractivity contribution in [3.63, 3.8) is 0 Å².